The van der Waals surface area contributed by atoms with Crippen molar-refractivity contribution in [1.29, 1.82) is 0 Å². The van der Waals surface area contributed by atoms with Gasteiger partial charge in [-0.1, -0.05) is 12.1 Å². The molecule has 2 rings (SSSR count). The second-order valence-corrected chi connectivity index (χ2v) is 5.28. The number of aromatic nitrogens is 1. The first-order valence-corrected chi connectivity index (χ1v) is 6.33. The average molecular weight is 266 g/mol. The molecule has 0 aromatic carbocycles. The van der Waals surface area contributed by atoms with Crippen LogP contribution in [0.4, 0.5) is 0 Å². The third-order valence-corrected chi connectivity index (χ3v) is 3.66. The number of aryl methyl sites for hydroxylation is 2. The molecular formula is C13H18N2O4. The molecule has 1 aliphatic rings. The van der Waals surface area contributed by atoms with Crippen LogP contribution in [0.3, 0.4) is 0 Å². The minimum atomic E-state index is -1.02. The van der Waals surface area contributed by atoms with Crippen molar-refractivity contribution in [3.63, 3.8) is 0 Å². The molecule has 0 spiro atoms. The fourth-order valence-electron chi connectivity index (χ4n) is 2.07. The summed E-state index contributed by atoms with van der Waals surface area (Å²) in [6.45, 7) is 5.41. The number of carbonyl (C=O) groups excluding carboxylic acids is 1. The van der Waals surface area contributed by atoms with Crippen molar-refractivity contribution in [2.45, 2.75) is 45.6 Å². The van der Waals surface area contributed by atoms with E-state index in [1.165, 1.54) is 0 Å². The Morgan fingerprint density at radius 1 is 1.47 bits per heavy atom. The van der Waals surface area contributed by atoms with Crippen molar-refractivity contribution in [2.24, 2.45) is 5.92 Å². The van der Waals surface area contributed by atoms with Gasteiger partial charge < -0.3 is 14.9 Å². The van der Waals surface area contributed by atoms with E-state index < -0.39 is 11.5 Å². The van der Waals surface area contributed by atoms with E-state index in [0.717, 1.165) is 11.3 Å². The zero-order valence-electron chi connectivity index (χ0n) is 11.3. The summed E-state index contributed by atoms with van der Waals surface area (Å²) in [5.41, 5.74) is 0.670. The Balaban J connectivity index is 1.99. The van der Waals surface area contributed by atoms with Gasteiger partial charge in [-0.2, -0.15) is 0 Å². The first kappa shape index (κ1) is 13.6. The Morgan fingerprint density at radius 2 is 2.11 bits per heavy atom. The van der Waals surface area contributed by atoms with Gasteiger partial charge in [0.15, 0.2) is 0 Å². The van der Waals surface area contributed by atoms with Gasteiger partial charge in [-0.15, -0.1) is 0 Å². The van der Waals surface area contributed by atoms with Gasteiger partial charge in [0.05, 0.1) is 5.69 Å². The molecular weight excluding hydrogens is 248 g/mol. The molecule has 104 valence electrons. The highest BCUT2D eigenvalue weighted by molar-refractivity contribution is 5.90. The Bertz CT molecular complexity index is 497. The molecule has 0 aliphatic heterocycles. The van der Waals surface area contributed by atoms with Gasteiger partial charge in [-0.25, -0.2) is 4.79 Å². The van der Waals surface area contributed by atoms with Crippen molar-refractivity contribution >= 4 is 11.9 Å². The topological polar surface area (TPSA) is 92.4 Å². The summed E-state index contributed by atoms with van der Waals surface area (Å²) in [6.07, 6.45) is 1.51. The van der Waals surface area contributed by atoms with Crippen LogP contribution in [0.2, 0.25) is 0 Å². The highest BCUT2D eigenvalue weighted by Gasteiger charge is 2.51. The van der Waals surface area contributed by atoms with Gasteiger partial charge in [-0.3, -0.25) is 4.79 Å². The third kappa shape index (κ3) is 2.62. The van der Waals surface area contributed by atoms with E-state index in [1.54, 1.807) is 13.8 Å². The third-order valence-electron chi connectivity index (χ3n) is 3.66. The van der Waals surface area contributed by atoms with Crippen LogP contribution in [-0.2, 0) is 16.0 Å². The number of hydrogen-bond acceptors (Lipinski definition) is 4. The van der Waals surface area contributed by atoms with Gasteiger partial charge in [-0.05, 0) is 33.1 Å². The number of carboxylic acid groups (broad SMARTS) is 1. The van der Waals surface area contributed by atoms with Crippen molar-refractivity contribution in [1.82, 2.24) is 10.5 Å². The molecule has 1 aliphatic carbocycles. The summed E-state index contributed by atoms with van der Waals surface area (Å²) >= 11 is 0. The van der Waals surface area contributed by atoms with Crippen LogP contribution < -0.4 is 5.32 Å². The van der Waals surface area contributed by atoms with Gasteiger partial charge in [0.1, 0.15) is 11.3 Å². The van der Waals surface area contributed by atoms with E-state index in [2.05, 4.69) is 10.5 Å². The highest BCUT2D eigenvalue weighted by atomic mass is 16.5. The van der Waals surface area contributed by atoms with Crippen LogP contribution in [-0.4, -0.2) is 27.7 Å². The summed E-state index contributed by atoms with van der Waals surface area (Å²) in [4.78, 5) is 23.1. The molecule has 0 radical (unpaired) electrons. The molecule has 19 heavy (non-hydrogen) atoms. The molecule has 1 heterocycles. The number of aliphatic carboxylic acids is 1. The fourth-order valence-corrected chi connectivity index (χ4v) is 2.07. The first-order chi connectivity index (χ1) is 8.85. The predicted molar refractivity (Wildman–Crippen MR) is 66.6 cm³/mol. The van der Waals surface area contributed by atoms with Gasteiger partial charge in [0.2, 0.25) is 5.91 Å². The molecule has 0 bridgehead atoms. The maximum absolute atomic E-state index is 12.0. The van der Waals surface area contributed by atoms with Gasteiger partial charge in [0, 0.05) is 11.5 Å². The van der Waals surface area contributed by atoms with E-state index in [9.17, 15) is 9.59 Å². The smallest absolute Gasteiger partial charge is 0.329 e. The first-order valence-electron chi connectivity index (χ1n) is 6.33. The van der Waals surface area contributed by atoms with E-state index in [1.807, 2.05) is 6.92 Å². The maximum atomic E-state index is 12.0. The van der Waals surface area contributed by atoms with Crippen LogP contribution in [0.25, 0.3) is 0 Å². The summed E-state index contributed by atoms with van der Waals surface area (Å²) in [5.74, 6) is -0.796. The molecule has 1 aromatic heterocycles. The predicted octanol–water partition coefficient (Wildman–Crippen LogP) is 1.20. The molecule has 6 heteroatoms. The average Bonchev–Trinajstić information content (AvgIpc) is 3.06. The lowest BCUT2D eigenvalue weighted by Crippen LogP contribution is -2.45. The van der Waals surface area contributed by atoms with Crippen LogP contribution in [0.1, 0.15) is 36.8 Å². The lowest BCUT2D eigenvalue weighted by molar-refractivity contribution is -0.143. The van der Waals surface area contributed by atoms with Crippen molar-refractivity contribution in [3.8, 4) is 0 Å². The minimum absolute atomic E-state index is 0.236. The number of rotatable bonds is 5. The fraction of sp³-hybridized carbons (Fsp3) is 0.615. The summed E-state index contributed by atoms with van der Waals surface area (Å²) in [6, 6.07) is 0. The normalized spacial score (nSPS) is 17.8. The molecule has 6 nitrogen and oxygen atoms in total. The zero-order chi connectivity index (χ0) is 14.2. The standard InChI is InChI=1S/C13H18N2O4/c1-7(6-10-8(2)15-19-9(10)3)11(16)14-13(4-5-13)12(17)18/h7H,4-6H2,1-3H3,(H,14,16)(H,17,18). The summed E-state index contributed by atoms with van der Waals surface area (Å²) in [7, 11) is 0. The summed E-state index contributed by atoms with van der Waals surface area (Å²) in [5, 5.41) is 15.5. The number of nitrogens with one attached hydrogen (secondary N) is 1. The number of carbonyl (C=O) groups is 2. The molecule has 2 N–H and O–H groups in total. The number of nitrogens with zero attached hydrogens (tertiary/aromatic N) is 1. The second kappa shape index (κ2) is 4.68. The lowest BCUT2D eigenvalue weighted by Gasteiger charge is -2.16. The second-order valence-electron chi connectivity index (χ2n) is 5.28. The number of amides is 1. The minimum Gasteiger partial charge on any atom is -0.480 e. The Labute approximate surface area is 111 Å². The monoisotopic (exact) mass is 266 g/mol. The van der Waals surface area contributed by atoms with E-state index >= 15 is 0 Å². The van der Waals surface area contributed by atoms with Crippen molar-refractivity contribution < 1.29 is 19.2 Å². The molecule has 1 amide bonds. The number of hydrogen-bond donors (Lipinski definition) is 2. The SMILES string of the molecule is Cc1noc(C)c1CC(C)C(=O)NC1(C(=O)O)CC1. The lowest BCUT2D eigenvalue weighted by atomic mass is 9.98. The number of carboxylic acids is 1. The van der Waals surface area contributed by atoms with Crippen LogP contribution >= 0.6 is 0 Å². The molecule has 1 aromatic rings. The Hall–Kier alpha value is -1.85. The van der Waals surface area contributed by atoms with Crippen molar-refractivity contribution in [2.75, 3.05) is 0 Å². The Kier molecular flexibility index (Phi) is 3.34. The van der Waals surface area contributed by atoms with Crippen LogP contribution in [0, 0.1) is 19.8 Å². The quantitative estimate of drug-likeness (QED) is 0.835. The van der Waals surface area contributed by atoms with E-state index in [0.29, 0.717) is 25.0 Å². The largest absolute Gasteiger partial charge is 0.480 e. The Morgan fingerprint density at radius 3 is 2.53 bits per heavy atom. The molecule has 1 unspecified atom stereocenters. The van der Waals surface area contributed by atoms with E-state index in [4.69, 9.17) is 9.63 Å². The van der Waals surface area contributed by atoms with Gasteiger partial charge >= 0.3 is 5.97 Å². The molecule has 1 atom stereocenters. The maximum Gasteiger partial charge on any atom is 0.329 e. The van der Waals surface area contributed by atoms with Crippen LogP contribution in [0.15, 0.2) is 4.52 Å². The molecule has 1 saturated carbocycles. The molecule has 1 fully saturated rings. The summed E-state index contributed by atoms with van der Waals surface area (Å²) < 4.78 is 5.05. The van der Waals surface area contributed by atoms with Crippen molar-refractivity contribution in [3.05, 3.63) is 17.0 Å². The molecule has 0 saturated heterocycles. The zero-order valence-corrected chi connectivity index (χ0v) is 11.3. The van der Waals surface area contributed by atoms with Crippen LogP contribution in [0.5, 0.6) is 0 Å². The van der Waals surface area contributed by atoms with Gasteiger partial charge in [0.25, 0.3) is 0 Å². The van der Waals surface area contributed by atoms with E-state index in [-0.39, 0.29) is 11.8 Å². The highest BCUT2D eigenvalue weighted by Crippen LogP contribution is 2.35.